The van der Waals surface area contributed by atoms with E-state index in [4.69, 9.17) is 78.3 Å². The first kappa shape index (κ1) is 91.2. The van der Waals surface area contributed by atoms with Crippen LogP contribution in [0.5, 0.6) is 81.0 Å². The minimum Gasteiger partial charge on any atom is -0.508 e. The van der Waals surface area contributed by atoms with Crippen molar-refractivity contribution in [1.82, 2.24) is 49.9 Å². The molecule has 3 N–H and O–H groups in total. The number of methoxy groups -OCH3 is 6. The molecule has 4 aliphatic rings. The van der Waals surface area contributed by atoms with E-state index in [-0.39, 0.29) is 41.4 Å². The fourth-order valence-electron chi connectivity index (χ4n) is 12.1. The number of carboxylic acid groups (broad SMARTS) is 1. The molecule has 6 aromatic heterocycles. The van der Waals surface area contributed by atoms with Crippen molar-refractivity contribution in [3.8, 4) is 81.0 Å². The van der Waals surface area contributed by atoms with Gasteiger partial charge in [-0.1, -0.05) is 60.7 Å². The van der Waals surface area contributed by atoms with Crippen molar-refractivity contribution in [3.05, 3.63) is 310 Å². The van der Waals surface area contributed by atoms with Crippen LogP contribution in [-0.4, -0.2) is 174 Å². The number of halogens is 2. The number of aromatic hydroxyl groups is 1. The maximum absolute atomic E-state index is 12.9. The average Bonchev–Trinajstić information content (AvgIpc) is 1.77. The maximum Gasteiger partial charge on any atom is 0.337 e. The summed E-state index contributed by atoms with van der Waals surface area (Å²) in [7, 11) is 9.30. The molecule has 16 rings (SSSR count). The van der Waals surface area contributed by atoms with Crippen LogP contribution in [0.15, 0.2) is 243 Å². The number of ether oxygens (including phenoxy) is 13. The number of pyridine rings is 6. The number of benzene rings is 6. The first-order valence-corrected chi connectivity index (χ1v) is 39.2. The van der Waals surface area contributed by atoms with Gasteiger partial charge in [0.05, 0.1) is 114 Å². The van der Waals surface area contributed by atoms with E-state index in [0.29, 0.717) is 142 Å². The monoisotopic (exact) mass is 1710 g/mol. The molecule has 31 heteroatoms. The number of nitrogens with zero attached hydrogens (tertiary/aromatic N) is 9. The van der Waals surface area contributed by atoms with Crippen LogP contribution >= 0.6 is 24.0 Å². The molecule has 4 aliphatic heterocycles. The number of amides is 3. The summed E-state index contributed by atoms with van der Waals surface area (Å²) >= 11 is 5.52. The van der Waals surface area contributed by atoms with Crippen molar-refractivity contribution in [2.45, 2.75) is 51.9 Å². The van der Waals surface area contributed by atoms with Crippen molar-refractivity contribution >= 4 is 47.7 Å². The van der Waals surface area contributed by atoms with Crippen LogP contribution in [0, 0.1) is 0 Å². The minimum atomic E-state index is -0.986. The molecule has 0 saturated heterocycles. The number of carboxylic acids is 1. The van der Waals surface area contributed by atoms with Gasteiger partial charge in [0, 0.05) is 104 Å². The number of alkyl halides is 1. The van der Waals surface area contributed by atoms with Gasteiger partial charge >= 0.3 is 5.97 Å². The lowest BCUT2D eigenvalue weighted by Crippen LogP contribution is -2.32. The van der Waals surface area contributed by atoms with Gasteiger partial charge in [0.15, 0.2) is 0 Å². The van der Waals surface area contributed by atoms with Crippen LogP contribution in [0.4, 0.5) is 0 Å². The van der Waals surface area contributed by atoms with Crippen molar-refractivity contribution < 1.29 is 91.0 Å². The fraction of sp³-hybridized carbons (Fsp3) is 0.239. The van der Waals surface area contributed by atoms with E-state index < -0.39 is 5.97 Å². The van der Waals surface area contributed by atoms with Gasteiger partial charge in [-0.2, -0.15) is 0 Å². The Hall–Kier alpha value is -14.2. The Morgan fingerprint density at radius 1 is 0.382 bits per heavy atom. The van der Waals surface area contributed by atoms with Crippen molar-refractivity contribution in [1.29, 1.82) is 0 Å². The third kappa shape index (κ3) is 27.7. The molecule has 0 unspecified atom stereocenters. The molecule has 10 heterocycles. The highest BCUT2D eigenvalue weighted by atomic mass is 35.5. The van der Waals surface area contributed by atoms with Gasteiger partial charge < -0.3 is 91.8 Å². The SMILES string of the molecule is COc1ccc(C(=O)N2CCOc3ccc(O)cc3C2)cn1.COc1ccc(C(=O)N2CCOc3ccc(OCc4ccccc4)cc3C2)cn1.COc1ccc(C(=O)O)cn1.COc1ccc(CCl)nc1.COc1ccc(COc2ccc3c(c2)CN(C(=O)c2ccc(OC)nc2)CCO3)nc1.Cl.c1ccc(COc2ccc3c(c2)CNCCO3)cc1. The largest absolute Gasteiger partial charge is 0.508 e. The summed E-state index contributed by atoms with van der Waals surface area (Å²) in [5.41, 5.74) is 9.33. The molecule has 0 saturated carbocycles. The third-order valence-corrected chi connectivity index (χ3v) is 18.9. The number of aromatic carboxylic acids is 1. The molecular weight excluding hydrogens is 1620 g/mol. The van der Waals surface area contributed by atoms with Crippen LogP contribution in [-0.2, 0) is 51.9 Å². The first-order valence-electron chi connectivity index (χ1n) is 38.6. The average molecular weight is 1710 g/mol. The van der Waals surface area contributed by atoms with Gasteiger partial charge in [-0.05, 0) is 132 Å². The molecule has 0 spiro atoms. The summed E-state index contributed by atoms with van der Waals surface area (Å²) in [4.78, 5) is 78.3. The molecule has 6 aromatic carbocycles. The topological polar surface area (TPSA) is 328 Å². The highest BCUT2D eigenvalue weighted by Gasteiger charge is 2.26. The zero-order chi connectivity index (χ0) is 85.8. The molecule has 0 radical (unpaired) electrons. The second-order valence-corrected chi connectivity index (χ2v) is 27.1. The normalized spacial score (nSPS) is 12.6. The Labute approximate surface area is 723 Å². The van der Waals surface area contributed by atoms with Gasteiger partial charge in [-0.15, -0.1) is 24.0 Å². The third-order valence-electron chi connectivity index (χ3n) is 18.6. The summed E-state index contributed by atoms with van der Waals surface area (Å²) in [5, 5.41) is 21.4. The number of carbonyl (C=O) groups excluding carboxylic acids is 3. The lowest BCUT2D eigenvalue weighted by molar-refractivity contribution is 0.0692. The number of aromatic nitrogens is 6. The number of hydrogen-bond donors (Lipinski definition) is 3. The number of rotatable bonds is 20. The van der Waals surface area contributed by atoms with E-state index in [0.717, 1.165) is 93.4 Å². The van der Waals surface area contributed by atoms with Gasteiger partial charge in [0.25, 0.3) is 17.7 Å². The van der Waals surface area contributed by atoms with Crippen LogP contribution in [0.3, 0.4) is 0 Å². The van der Waals surface area contributed by atoms with Crippen LogP contribution in [0.25, 0.3) is 0 Å². The molecular formula is C92H94Cl2N10O19. The molecule has 0 atom stereocenters. The Morgan fingerprint density at radius 3 is 1.11 bits per heavy atom. The first-order chi connectivity index (χ1) is 59.6. The van der Waals surface area contributed by atoms with Crippen molar-refractivity contribution in [2.24, 2.45) is 0 Å². The molecule has 0 fully saturated rings. The number of fused-ring (bicyclic) bond motifs is 4. The highest BCUT2D eigenvalue weighted by Crippen LogP contribution is 2.33. The summed E-state index contributed by atoms with van der Waals surface area (Å²) in [5.74, 6) is 8.05. The van der Waals surface area contributed by atoms with Gasteiger partial charge in [0.1, 0.15) is 104 Å². The van der Waals surface area contributed by atoms with Crippen LogP contribution < -0.4 is 66.9 Å². The Bertz CT molecular complexity index is 5290. The summed E-state index contributed by atoms with van der Waals surface area (Å²) in [6.45, 7) is 7.79. The molecule has 123 heavy (non-hydrogen) atoms. The summed E-state index contributed by atoms with van der Waals surface area (Å²) < 4.78 is 70.4. The zero-order valence-corrected chi connectivity index (χ0v) is 70.1. The lowest BCUT2D eigenvalue weighted by atomic mass is 10.1. The lowest BCUT2D eigenvalue weighted by Gasteiger charge is -2.20. The minimum absolute atomic E-state index is 0. The Kier molecular flexibility index (Phi) is 35.3. The van der Waals surface area contributed by atoms with Gasteiger partial charge in [0.2, 0.25) is 23.5 Å². The molecule has 640 valence electrons. The summed E-state index contributed by atoms with van der Waals surface area (Å²) in [6, 6.07) is 62.9. The van der Waals surface area contributed by atoms with E-state index in [2.05, 4.69) is 53.4 Å². The fourth-order valence-corrected chi connectivity index (χ4v) is 12.3. The van der Waals surface area contributed by atoms with Gasteiger partial charge in [-0.3, -0.25) is 24.4 Å². The van der Waals surface area contributed by atoms with Crippen molar-refractivity contribution in [3.63, 3.8) is 0 Å². The predicted octanol–water partition coefficient (Wildman–Crippen LogP) is 14.4. The second kappa shape index (κ2) is 47.6. The molecule has 12 aromatic rings. The number of nitrogens with one attached hydrogen (secondary N) is 1. The summed E-state index contributed by atoms with van der Waals surface area (Å²) in [6.07, 6.45) is 9.11. The Balaban J connectivity index is 0.000000160. The van der Waals surface area contributed by atoms with Crippen LogP contribution in [0.2, 0.25) is 0 Å². The smallest absolute Gasteiger partial charge is 0.337 e. The van der Waals surface area contributed by atoms with Crippen molar-refractivity contribution in [2.75, 3.05) is 95.3 Å². The van der Waals surface area contributed by atoms with E-state index in [9.17, 15) is 24.3 Å². The quantitative estimate of drug-likeness (QED) is 0.0597. The molecule has 0 aliphatic carbocycles. The van der Waals surface area contributed by atoms with E-state index in [1.165, 1.54) is 63.8 Å². The number of phenols is 1. The maximum atomic E-state index is 12.9. The van der Waals surface area contributed by atoms with Gasteiger partial charge in [-0.25, -0.2) is 24.7 Å². The highest BCUT2D eigenvalue weighted by molar-refractivity contribution is 6.16. The molecule has 3 amide bonds. The molecule has 29 nitrogen and oxygen atoms in total. The number of hydrogen-bond acceptors (Lipinski definition) is 25. The standard InChI is InChI=1S/C23H23N3O5.C23H22N2O4.C16H16N2O4.C16H17NO2.C7H8ClNO.C7H7NO3.ClH/c1-28-20-5-4-18(24-13-20)15-31-19-6-7-21-17(11-19)14-26(9-10-30-21)23(27)16-3-8-22(29-2)25-12-16;1-27-22-10-7-18(14-24-22)23(26)25-11-12-28-21-9-8-20(13-19(21)15-25)29-16-17-5-3-2-4-6-17;1-21-15-5-2-11(9-17-15)16(20)18-6-7-22-14-4-3-13(19)8-12(14)10-18;1-2-4-13(5-3-1)12-19-15-6-7-16-14(10-15)11-17-8-9-18-16;1-10-7-3-2-6(4-8)9-5-7;1-11-6-3-2-5(4-8-6)7(9)10;/h3-8,11-13H,9-10,14-15H2,1-2H3;2-10,13-14H,11-12,15-16H2,1H3;2-5,8-9,19H,6-7,10H2,1H3;1-7,10,17H,8-9,11-12H2;2-3,5H,4H2,1H3;2-4H,1H3,(H,9,10);1H. The number of carbonyl (C=O) groups is 4. The number of phenolic OH excluding ortho intramolecular Hbond substituents is 1. The predicted molar refractivity (Wildman–Crippen MR) is 460 cm³/mol. The second-order valence-electron chi connectivity index (χ2n) is 26.9. The van der Waals surface area contributed by atoms with E-state index in [1.54, 1.807) is 103 Å². The van der Waals surface area contributed by atoms with E-state index in [1.807, 2.05) is 121 Å². The molecule has 0 bridgehead atoms. The zero-order valence-electron chi connectivity index (χ0n) is 68.6. The Morgan fingerprint density at radius 2 is 0.740 bits per heavy atom. The van der Waals surface area contributed by atoms with Crippen LogP contribution in [0.1, 0.15) is 86.2 Å². The van der Waals surface area contributed by atoms with E-state index >= 15 is 0 Å².